The summed E-state index contributed by atoms with van der Waals surface area (Å²) in [5, 5.41) is 1.09. The highest BCUT2D eigenvalue weighted by atomic mass is 16.6. The minimum absolute atomic E-state index is 0.0990. The van der Waals surface area contributed by atoms with Crippen LogP contribution in [-0.4, -0.2) is 67.4 Å². The van der Waals surface area contributed by atoms with Gasteiger partial charge in [0.2, 0.25) is 5.91 Å². The van der Waals surface area contributed by atoms with Gasteiger partial charge in [0, 0.05) is 23.1 Å². The Kier molecular flexibility index (Phi) is 4.96. The molecule has 8 rings (SSSR count). The van der Waals surface area contributed by atoms with Gasteiger partial charge in [0.05, 0.1) is 33.3 Å². The number of carbonyl (C=O) groups is 2. The van der Waals surface area contributed by atoms with Gasteiger partial charge in [-0.3, -0.25) is 9.59 Å². The Balaban J connectivity index is 1.34. The second-order valence-electron chi connectivity index (χ2n) is 11.0. The van der Waals surface area contributed by atoms with Gasteiger partial charge in [-0.2, -0.15) is 0 Å². The molecule has 2 aromatic carbocycles. The van der Waals surface area contributed by atoms with Crippen LogP contribution in [0.5, 0.6) is 11.5 Å². The number of piperidine rings is 2. The number of fused-ring (bicyclic) bond motifs is 3. The number of methoxy groups -OCH3 is 3. The third-order valence-corrected chi connectivity index (χ3v) is 9.50. The van der Waals surface area contributed by atoms with Gasteiger partial charge in [-0.05, 0) is 60.6 Å². The van der Waals surface area contributed by atoms with Crippen LogP contribution in [0.15, 0.2) is 36.4 Å². The number of esters is 1. The van der Waals surface area contributed by atoms with Crippen LogP contribution in [0.3, 0.4) is 0 Å². The van der Waals surface area contributed by atoms with E-state index < -0.39 is 11.0 Å². The average Bonchev–Trinajstić information content (AvgIpc) is 3.63. The van der Waals surface area contributed by atoms with E-state index in [0.29, 0.717) is 30.9 Å². The second kappa shape index (κ2) is 7.99. The zero-order valence-electron chi connectivity index (χ0n) is 22.1. The summed E-state index contributed by atoms with van der Waals surface area (Å²) in [4.78, 5) is 32.8. The molecule has 3 saturated heterocycles. The average molecular weight is 517 g/mol. The maximum Gasteiger partial charge on any atom is 0.320 e. The molecule has 198 valence electrons. The van der Waals surface area contributed by atoms with Gasteiger partial charge in [0.25, 0.3) is 0 Å². The Morgan fingerprint density at radius 2 is 1.87 bits per heavy atom. The first-order chi connectivity index (χ1) is 18.4. The number of rotatable bonds is 6. The Morgan fingerprint density at radius 1 is 1.11 bits per heavy atom. The van der Waals surface area contributed by atoms with E-state index in [-0.39, 0.29) is 29.9 Å². The predicted octanol–water partition coefficient (Wildman–Crippen LogP) is 3.52. The van der Waals surface area contributed by atoms with Crippen LogP contribution in [0.2, 0.25) is 0 Å². The summed E-state index contributed by atoms with van der Waals surface area (Å²) in [6, 6.07) is 12.0. The fourth-order valence-electron chi connectivity index (χ4n) is 7.86. The molecule has 4 fully saturated rings. The SMILES string of the molecule is CC[C@]12OC1[C@@H]1CC3(C(=O)OC)c4[nH]c5cc(Cc6ccc(OC)c(OC)c6)ccc5c4CCN(C1=O)C32. The first kappa shape index (κ1) is 23.6. The molecule has 4 bridgehead atoms. The van der Waals surface area contributed by atoms with Crippen LogP contribution in [0, 0.1) is 5.92 Å². The summed E-state index contributed by atoms with van der Waals surface area (Å²) in [7, 11) is 4.72. The van der Waals surface area contributed by atoms with Crippen molar-refractivity contribution in [1.29, 1.82) is 0 Å². The molecule has 8 nitrogen and oxygen atoms in total. The minimum Gasteiger partial charge on any atom is -0.493 e. The fraction of sp³-hybridized carbons (Fsp3) is 0.467. The van der Waals surface area contributed by atoms with E-state index in [2.05, 4.69) is 30.1 Å². The summed E-state index contributed by atoms with van der Waals surface area (Å²) in [5.74, 6) is 0.917. The number of nitrogens with one attached hydrogen (secondary N) is 1. The quantitative estimate of drug-likeness (QED) is 0.398. The highest BCUT2D eigenvalue weighted by molar-refractivity contribution is 5.96. The fourth-order valence-corrected chi connectivity index (χ4v) is 7.86. The highest BCUT2D eigenvalue weighted by Crippen LogP contribution is 2.66. The zero-order valence-corrected chi connectivity index (χ0v) is 22.1. The van der Waals surface area contributed by atoms with Gasteiger partial charge >= 0.3 is 5.97 Å². The number of ether oxygens (including phenoxy) is 4. The zero-order chi connectivity index (χ0) is 26.4. The standard InChI is InChI=1S/C30H32N2O6/c1-5-30-25(38-30)20-15-29(28(34)37-4)24-19(10-11-32(26(20)33)27(29)30)18-8-6-16(13-21(18)31-24)12-17-7-9-22(35-2)23(14-17)36-3/h6-9,13-14,20,25,27,31H,5,10-12,15H2,1-4H3/t20-,25?,27?,29?,30-/m0/s1. The number of H-pyrrole nitrogens is 1. The van der Waals surface area contributed by atoms with Crippen molar-refractivity contribution in [3.05, 3.63) is 58.8 Å². The number of aromatic nitrogens is 1. The Bertz CT molecular complexity index is 1500. The van der Waals surface area contributed by atoms with Crippen LogP contribution in [-0.2, 0) is 37.3 Å². The van der Waals surface area contributed by atoms with E-state index in [4.69, 9.17) is 18.9 Å². The number of carbonyl (C=O) groups excluding carboxylic acids is 2. The number of epoxide rings is 1. The minimum atomic E-state index is -0.968. The summed E-state index contributed by atoms with van der Waals surface area (Å²) in [5.41, 5.74) is 3.81. The van der Waals surface area contributed by atoms with E-state index in [1.165, 1.54) is 7.11 Å². The van der Waals surface area contributed by atoms with E-state index >= 15 is 0 Å². The second-order valence-corrected chi connectivity index (χ2v) is 11.0. The Morgan fingerprint density at radius 3 is 2.61 bits per heavy atom. The Labute approximate surface area is 221 Å². The van der Waals surface area contributed by atoms with Gasteiger partial charge in [-0.15, -0.1) is 0 Å². The maximum atomic E-state index is 13.8. The molecule has 5 aliphatic rings. The lowest BCUT2D eigenvalue weighted by Crippen LogP contribution is -2.73. The molecule has 1 aromatic heterocycles. The summed E-state index contributed by atoms with van der Waals surface area (Å²) in [6.45, 7) is 2.67. The van der Waals surface area contributed by atoms with E-state index in [9.17, 15) is 9.59 Å². The van der Waals surface area contributed by atoms with Crippen molar-refractivity contribution >= 4 is 22.8 Å². The lowest BCUT2D eigenvalue weighted by Gasteiger charge is -2.54. The molecular weight excluding hydrogens is 484 g/mol. The van der Waals surface area contributed by atoms with Crippen molar-refractivity contribution in [2.75, 3.05) is 27.9 Å². The van der Waals surface area contributed by atoms with Gasteiger partial charge in [-0.25, -0.2) is 0 Å². The normalized spacial score (nSPS) is 30.5. The predicted molar refractivity (Wildman–Crippen MR) is 140 cm³/mol. The third-order valence-electron chi connectivity index (χ3n) is 9.50. The van der Waals surface area contributed by atoms with Crippen LogP contribution in [0.25, 0.3) is 10.9 Å². The largest absolute Gasteiger partial charge is 0.493 e. The molecule has 8 heteroatoms. The van der Waals surface area contributed by atoms with Crippen molar-refractivity contribution in [2.45, 2.75) is 55.8 Å². The molecule has 5 heterocycles. The lowest BCUT2D eigenvalue weighted by molar-refractivity contribution is -0.168. The molecule has 0 spiro atoms. The molecular formula is C30H32N2O6. The monoisotopic (exact) mass is 516 g/mol. The van der Waals surface area contributed by atoms with Crippen LogP contribution >= 0.6 is 0 Å². The van der Waals surface area contributed by atoms with Crippen LogP contribution in [0.4, 0.5) is 0 Å². The molecule has 5 atom stereocenters. The van der Waals surface area contributed by atoms with Crippen LogP contribution < -0.4 is 9.47 Å². The molecule has 4 aliphatic heterocycles. The van der Waals surface area contributed by atoms with Gasteiger partial charge < -0.3 is 28.8 Å². The molecule has 1 aliphatic carbocycles. The van der Waals surface area contributed by atoms with E-state index in [0.717, 1.165) is 46.1 Å². The summed E-state index contributed by atoms with van der Waals surface area (Å²) >= 11 is 0. The molecule has 3 unspecified atom stereocenters. The van der Waals surface area contributed by atoms with Crippen LogP contribution in [0.1, 0.15) is 42.1 Å². The number of benzene rings is 2. The number of aromatic amines is 1. The highest BCUT2D eigenvalue weighted by Gasteiger charge is 2.81. The molecule has 1 amide bonds. The smallest absolute Gasteiger partial charge is 0.320 e. The van der Waals surface area contributed by atoms with Crippen molar-refractivity contribution in [3.8, 4) is 11.5 Å². The third kappa shape index (κ3) is 2.84. The van der Waals surface area contributed by atoms with Gasteiger partial charge in [0.1, 0.15) is 17.1 Å². The van der Waals surface area contributed by atoms with E-state index in [1.807, 2.05) is 23.1 Å². The summed E-state index contributed by atoms with van der Waals surface area (Å²) < 4.78 is 22.6. The van der Waals surface area contributed by atoms with Gasteiger partial charge in [-0.1, -0.05) is 25.1 Å². The van der Waals surface area contributed by atoms with E-state index in [1.54, 1.807) is 14.2 Å². The number of hydrogen-bond donors (Lipinski definition) is 1. The summed E-state index contributed by atoms with van der Waals surface area (Å²) in [6.07, 6.45) is 2.49. The molecule has 0 radical (unpaired) electrons. The molecule has 1 N–H and O–H groups in total. The topological polar surface area (TPSA) is 93.4 Å². The molecule has 1 saturated carbocycles. The van der Waals surface area contributed by atoms with Crippen molar-refractivity contribution in [2.24, 2.45) is 5.92 Å². The first-order valence-electron chi connectivity index (χ1n) is 13.3. The molecule has 38 heavy (non-hydrogen) atoms. The van der Waals surface area contributed by atoms with Gasteiger partial charge in [0.15, 0.2) is 11.5 Å². The number of nitrogens with zero attached hydrogens (tertiary/aromatic N) is 1. The van der Waals surface area contributed by atoms with Crippen molar-refractivity contribution in [1.82, 2.24) is 9.88 Å². The van der Waals surface area contributed by atoms with Crippen molar-refractivity contribution in [3.63, 3.8) is 0 Å². The first-order valence-corrected chi connectivity index (χ1v) is 13.3. The Hall–Kier alpha value is -3.52. The maximum absolute atomic E-state index is 13.8. The number of amides is 1. The number of hydrogen-bond acceptors (Lipinski definition) is 6. The van der Waals surface area contributed by atoms with Crippen molar-refractivity contribution < 1.29 is 28.5 Å². The lowest BCUT2D eigenvalue weighted by atomic mass is 9.56. The molecule has 3 aromatic rings.